The van der Waals surface area contributed by atoms with Crippen LogP contribution in [0, 0.1) is 0 Å². The van der Waals surface area contributed by atoms with E-state index < -0.39 is 6.49 Å². The summed E-state index contributed by atoms with van der Waals surface area (Å²) < 4.78 is 5.31. The molecule has 0 fully saturated rings. The summed E-state index contributed by atoms with van der Waals surface area (Å²) in [4.78, 5) is 12.2. The van der Waals surface area contributed by atoms with Gasteiger partial charge in [0.15, 0.2) is 0 Å². The maximum Gasteiger partial charge on any atom is 0.140 e. The quantitative estimate of drug-likeness (QED) is 0.524. The highest BCUT2D eigenvalue weighted by Crippen LogP contribution is 2.39. The number of rotatable bonds is 7. The zero-order valence-corrected chi connectivity index (χ0v) is 11.5. The Balaban J connectivity index is 3.90. The van der Waals surface area contributed by atoms with Crippen molar-refractivity contribution < 1.29 is 9.42 Å². The summed E-state index contributed by atoms with van der Waals surface area (Å²) in [5, 5.41) is 0. The van der Waals surface area contributed by atoms with Gasteiger partial charge in [-0.25, -0.2) is 0 Å². The molecule has 0 aliphatic heterocycles. The summed E-state index contributed by atoms with van der Waals surface area (Å²) in [5.41, 5.74) is 0. The van der Waals surface area contributed by atoms with Gasteiger partial charge in [-0.2, -0.15) is 10.9 Å². The van der Waals surface area contributed by atoms with E-state index in [1.165, 1.54) is 0 Å². The molecule has 0 rings (SSSR count). The van der Waals surface area contributed by atoms with Gasteiger partial charge in [-0.1, -0.05) is 13.8 Å². The van der Waals surface area contributed by atoms with Crippen molar-refractivity contribution in [2.24, 2.45) is 0 Å². The molecule has 88 valence electrons. The third-order valence-electron chi connectivity index (χ3n) is 2.05. The molecule has 0 unspecified atom stereocenters. The van der Waals surface area contributed by atoms with Crippen LogP contribution in [-0.2, 0) is 15.5 Å². The molecule has 0 saturated carbocycles. The molecule has 0 amide bonds. The minimum atomic E-state index is -2.07. The average molecular weight is 241 g/mol. The molecule has 0 radical (unpaired) electrons. The molecular weight excluding hydrogens is 217 g/mol. The molecule has 0 saturated heterocycles. The van der Waals surface area contributed by atoms with E-state index in [1.54, 1.807) is 0 Å². The lowest BCUT2D eigenvalue weighted by Crippen LogP contribution is -2.25. The summed E-state index contributed by atoms with van der Waals surface area (Å²) in [6.07, 6.45) is 0. The molecule has 0 spiro atoms. The fourth-order valence-corrected chi connectivity index (χ4v) is 4.48. The second-order valence-electron chi connectivity index (χ2n) is 3.15. The smallest absolute Gasteiger partial charge is 0.140 e. The molecule has 0 heterocycles. The standard InChI is InChI=1S/C9H24NO2PS/c1-5-10(6-2)8-9-14-13(4,11)12-7-3/h11,14H,5-9H2,1-4H3/t13-/m0/s1. The Labute approximate surface area is 91.6 Å². The minimum Gasteiger partial charge on any atom is -0.349 e. The lowest BCUT2D eigenvalue weighted by atomic mass is 10.5. The van der Waals surface area contributed by atoms with E-state index in [9.17, 15) is 4.89 Å². The van der Waals surface area contributed by atoms with Crippen LogP contribution in [0.15, 0.2) is 0 Å². The van der Waals surface area contributed by atoms with E-state index in [4.69, 9.17) is 4.52 Å². The van der Waals surface area contributed by atoms with Crippen molar-refractivity contribution in [3.8, 4) is 0 Å². The van der Waals surface area contributed by atoms with E-state index in [-0.39, 0.29) is 0 Å². The Kier molecular flexibility index (Phi) is 8.26. The normalized spacial score (nSPS) is 15.9. The van der Waals surface area contributed by atoms with Crippen molar-refractivity contribution in [2.45, 2.75) is 20.8 Å². The molecule has 0 aromatic carbocycles. The summed E-state index contributed by atoms with van der Waals surface area (Å²) in [7, 11) is 1.07. The molecule has 3 nitrogen and oxygen atoms in total. The summed E-state index contributed by atoms with van der Waals surface area (Å²) in [6.45, 7) is 9.84. The van der Waals surface area contributed by atoms with Crippen LogP contribution in [0.5, 0.6) is 0 Å². The van der Waals surface area contributed by atoms with Crippen molar-refractivity contribution in [3.63, 3.8) is 0 Å². The average Bonchev–Trinajstić information content (AvgIpc) is 2.12. The highest BCUT2D eigenvalue weighted by molar-refractivity contribution is 8.18. The molecule has 1 N–H and O–H groups in total. The van der Waals surface area contributed by atoms with Gasteiger partial charge in [0.05, 0.1) is 6.61 Å². The number of thiol groups is 1. The molecular formula is C9H24NO2PS. The Hall–Kier alpha value is 0.660. The van der Waals surface area contributed by atoms with E-state index in [0.717, 1.165) is 36.3 Å². The first-order chi connectivity index (χ1) is 6.55. The highest BCUT2D eigenvalue weighted by atomic mass is 32.5. The third kappa shape index (κ3) is 7.02. The van der Waals surface area contributed by atoms with Crippen molar-refractivity contribution in [3.05, 3.63) is 0 Å². The van der Waals surface area contributed by atoms with Crippen LogP contribution in [0.4, 0.5) is 0 Å². The molecule has 0 aliphatic rings. The Morgan fingerprint density at radius 3 is 2.29 bits per heavy atom. The first kappa shape index (κ1) is 14.7. The summed E-state index contributed by atoms with van der Waals surface area (Å²) in [6, 6.07) is 0. The van der Waals surface area contributed by atoms with Crippen LogP contribution in [-0.4, -0.2) is 48.5 Å². The van der Waals surface area contributed by atoms with Crippen LogP contribution in [0.25, 0.3) is 0 Å². The maximum atomic E-state index is 9.83. The van der Waals surface area contributed by atoms with Crippen LogP contribution in [0.1, 0.15) is 20.8 Å². The molecule has 0 bridgehead atoms. The molecule has 0 aromatic rings. The molecule has 0 aliphatic carbocycles. The predicted octanol–water partition coefficient (Wildman–Crippen LogP) is 1.56. The van der Waals surface area contributed by atoms with Gasteiger partial charge < -0.3 is 14.3 Å². The van der Waals surface area contributed by atoms with E-state index in [1.807, 2.05) is 13.6 Å². The summed E-state index contributed by atoms with van der Waals surface area (Å²) >= 11 is 0. The van der Waals surface area contributed by atoms with Crippen LogP contribution in [0.3, 0.4) is 0 Å². The fourth-order valence-electron chi connectivity index (χ4n) is 1.20. The van der Waals surface area contributed by atoms with Crippen molar-refractivity contribution in [1.82, 2.24) is 4.90 Å². The minimum absolute atomic E-state index is 0.610. The zero-order chi connectivity index (χ0) is 11.0. The van der Waals surface area contributed by atoms with Crippen molar-refractivity contribution in [1.29, 1.82) is 0 Å². The maximum absolute atomic E-state index is 9.83. The number of hydrogen-bond acceptors (Lipinski definition) is 2. The molecule has 14 heavy (non-hydrogen) atoms. The topological polar surface area (TPSA) is 32.7 Å². The van der Waals surface area contributed by atoms with E-state index in [0.29, 0.717) is 6.61 Å². The SMILES string of the molecule is CCO[P@](C)(O)=[SH]CCN(CC)CC. The monoisotopic (exact) mass is 241 g/mol. The first-order valence-corrected chi connectivity index (χ1v) is 9.10. The highest BCUT2D eigenvalue weighted by Gasteiger charge is 2.04. The second kappa shape index (κ2) is 7.89. The predicted molar refractivity (Wildman–Crippen MR) is 68.1 cm³/mol. The van der Waals surface area contributed by atoms with Gasteiger partial charge in [0, 0.05) is 19.0 Å². The largest absolute Gasteiger partial charge is 0.349 e. The zero-order valence-electron chi connectivity index (χ0n) is 9.73. The van der Waals surface area contributed by atoms with Gasteiger partial charge in [0.25, 0.3) is 0 Å². The van der Waals surface area contributed by atoms with Crippen molar-refractivity contribution >= 4 is 17.4 Å². The third-order valence-corrected chi connectivity index (χ3v) is 6.24. The number of nitrogens with zero attached hydrogens (tertiary/aromatic N) is 1. The van der Waals surface area contributed by atoms with Crippen LogP contribution < -0.4 is 0 Å². The molecule has 1 atom stereocenters. The van der Waals surface area contributed by atoms with E-state index >= 15 is 0 Å². The second-order valence-corrected chi connectivity index (χ2v) is 8.88. The van der Waals surface area contributed by atoms with Gasteiger partial charge in [-0.05, 0) is 20.0 Å². The van der Waals surface area contributed by atoms with Gasteiger partial charge in [-0.15, -0.1) is 0 Å². The Morgan fingerprint density at radius 2 is 1.86 bits per heavy atom. The fraction of sp³-hybridized carbons (Fsp3) is 1.00. The van der Waals surface area contributed by atoms with Crippen LogP contribution >= 0.6 is 6.49 Å². The lowest BCUT2D eigenvalue weighted by Gasteiger charge is -2.18. The van der Waals surface area contributed by atoms with Gasteiger partial charge >= 0.3 is 0 Å². The molecule has 0 aromatic heterocycles. The Morgan fingerprint density at radius 1 is 1.29 bits per heavy atom. The van der Waals surface area contributed by atoms with Crippen molar-refractivity contribution in [2.75, 3.05) is 38.7 Å². The first-order valence-electron chi connectivity index (χ1n) is 5.20. The number of hydrogen-bond donors (Lipinski definition) is 2. The van der Waals surface area contributed by atoms with Gasteiger partial charge in [-0.3, -0.25) is 0 Å². The van der Waals surface area contributed by atoms with Crippen LogP contribution in [0.2, 0.25) is 0 Å². The van der Waals surface area contributed by atoms with E-state index in [2.05, 4.69) is 18.7 Å². The lowest BCUT2D eigenvalue weighted by molar-refractivity contribution is 0.323. The summed E-state index contributed by atoms with van der Waals surface area (Å²) in [5.74, 6) is 1.00. The molecule has 5 heteroatoms. The Bertz CT molecular complexity index is 189. The van der Waals surface area contributed by atoms with Gasteiger partial charge in [0.2, 0.25) is 0 Å². The van der Waals surface area contributed by atoms with Gasteiger partial charge in [0.1, 0.15) is 6.49 Å².